The zero-order valence-corrected chi connectivity index (χ0v) is 22.7. The molecule has 13 heteroatoms. The maximum atomic E-state index is 13.5. The van der Waals surface area contributed by atoms with Crippen LogP contribution in [0.2, 0.25) is 0 Å². The maximum absolute atomic E-state index is 13.5. The molecule has 4 atom stereocenters. The van der Waals surface area contributed by atoms with Crippen LogP contribution in [0.15, 0.2) is 54.6 Å². The second kappa shape index (κ2) is 15.8. The molecule has 3 amide bonds. The average Bonchev–Trinajstić information content (AvgIpc) is 2.93. The van der Waals surface area contributed by atoms with Crippen molar-refractivity contribution in [2.75, 3.05) is 11.9 Å². The predicted molar refractivity (Wildman–Crippen MR) is 152 cm³/mol. The van der Waals surface area contributed by atoms with E-state index < -0.39 is 40.8 Å². The van der Waals surface area contributed by atoms with E-state index in [0.717, 1.165) is 5.56 Å². The van der Waals surface area contributed by atoms with Crippen molar-refractivity contribution in [1.82, 2.24) is 16.0 Å². The lowest BCUT2D eigenvalue weighted by molar-refractivity contribution is -0.384. The molecule has 0 heterocycles. The Morgan fingerprint density at radius 2 is 1.60 bits per heavy atom. The molecule has 216 valence electrons. The summed E-state index contributed by atoms with van der Waals surface area (Å²) in [6.45, 7) is 4.06. The Morgan fingerprint density at radius 1 is 0.975 bits per heavy atom. The first-order chi connectivity index (χ1) is 19.0. The Balaban J connectivity index is 2.23. The van der Waals surface area contributed by atoms with Crippen molar-refractivity contribution in [3.8, 4) is 0 Å². The van der Waals surface area contributed by atoms with Gasteiger partial charge in [0.1, 0.15) is 12.1 Å². The third-order valence-corrected chi connectivity index (χ3v) is 6.44. The Bertz CT molecular complexity index is 1160. The molecule has 0 unspecified atom stereocenters. The number of nitro benzene ring substituents is 1. The van der Waals surface area contributed by atoms with Crippen molar-refractivity contribution in [2.45, 2.75) is 57.7 Å². The maximum Gasteiger partial charge on any atom is 0.269 e. The van der Waals surface area contributed by atoms with Crippen LogP contribution in [0.5, 0.6) is 0 Å². The van der Waals surface area contributed by atoms with Gasteiger partial charge in [0.2, 0.25) is 17.7 Å². The minimum atomic E-state index is -1.02. The minimum Gasteiger partial charge on any atom is -0.370 e. The van der Waals surface area contributed by atoms with E-state index in [1.807, 2.05) is 44.2 Å². The molecule has 0 spiro atoms. The number of benzene rings is 2. The fraction of sp³-hybridized carbons (Fsp3) is 0.407. The Kier molecular flexibility index (Phi) is 12.5. The van der Waals surface area contributed by atoms with E-state index in [1.54, 1.807) is 0 Å². The van der Waals surface area contributed by atoms with Crippen molar-refractivity contribution >= 4 is 35.1 Å². The monoisotopic (exact) mass is 554 g/mol. The van der Waals surface area contributed by atoms with Gasteiger partial charge >= 0.3 is 0 Å². The molecule has 0 aliphatic rings. The number of hydrogen-bond acceptors (Lipinski definition) is 7. The number of rotatable bonds is 15. The molecular weight excluding hydrogens is 516 g/mol. The van der Waals surface area contributed by atoms with Gasteiger partial charge in [-0.2, -0.15) is 0 Å². The molecule has 0 fully saturated rings. The number of hydrogen-bond donors (Lipinski definition) is 7. The largest absolute Gasteiger partial charge is 0.370 e. The highest BCUT2D eigenvalue weighted by atomic mass is 16.6. The van der Waals surface area contributed by atoms with Gasteiger partial charge in [0, 0.05) is 30.8 Å². The van der Waals surface area contributed by atoms with Crippen molar-refractivity contribution in [3.05, 3.63) is 70.3 Å². The van der Waals surface area contributed by atoms with Crippen LogP contribution in [0.25, 0.3) is 0 Å². The predicted octanol–water partition coefficient (Wildman–Crippen LogP) is 1.38. The first-order valence-corrected chi connectivity index (χ1v) is 13.0. The van der Waals surface area contributed by atoms with Gasteiger partial charge in [-0.1, -0.05) is 50.6 Å². The molecule has 0 saturated heterocycles. The summed E-state index contributed by atoms with van der Waals surface area (Å²) in [6, 6.07) is 11.6. The summed E-state index contributed by atoms with van der Waals surface area (Å²) in [5, 5.41) is 29.0. The lowest BCUT2D eigenvalue weighted by Gasteiger charge is -2.25. The number of carbonyl (C=O) groups is 3. The highest BCUT2D eigenvalue weighted by molar-refractivity contribution is 5.98. The van der Waals surface area contributed by atoms with Gasteiger partial charge in [-0.25, -0.2) is 0 Å². The molecule has 9 N–H and O–H groups in total. The number of anilines is 1. The van der Waals surface area contributed by atoms with E-state index >= 15 is 0 Å². The number of amides is 3. The Hall–Kier alpha value is -4.52. The SMILES string of the molecule is CC[C@H](C)[C@H](N)C(=O)N[C@@H](Cc1ccccc1)C(=O)N[C@@H](CCCNC(=N)N)C(=O)Nc1ccc([N+](=O)[O-])cc1. The molecule has 0 aliphatic heterocycles. The highest BCUT2D eigenvalue weighted by Gasteiger charge is 2.29. The summed E-state index contributed by atoms with van der Waals surface area (Å²) < 4.78 is 0. The van der Waals surface area contributed by atoms with E-state index in [1.165, 1.54) is 24.3 Å². The molecule has 40 heavy (non-hydrogen) atoms. The van der Waals surface area contributed by atoms with Crippen LogP contribution >= 0.6 is 0 Å². The number of guanidine groups is 1. The quantitative estimate of drug-likeness (QED) is 0.0559. The average molecular weight is 555 g/mol. The van der Waals surface area contributed by atoms with E-state index in [9.17, 15) is 24.5 Å². The van der Waals surface area contributed by atoms with Crippen LogP contribution in [-0.2, 0) is 20.8 Å². The smallest absolute Gasteiger partial charge is 0.269 e. The van der Waals surface area contributed by atoms with Crippen molar-refractivity contribution in [3.63, 3.8) is 0 Å². The van der Waals surface area contributed by atoms with E-state index in [0.29, 0.717) is 25.1 Å². The summed E-state index contributed by atoms with van der Waals surface area (Å²) in [5.74, 6) is -1.92. The second-order valence-electron chi connectivity index (χ2n) is 9.50. The molecule has 2 aromatic carbocycles. The number of nitrogens with zero attached hydrogens (tertiary/aromatic N) is 1. The van der Waals surface area contributed by atoms with E-state index in [-0.39, 0.29) is 30.4 Å². The second-order valence-corrected chi connectivity index (χ2v) is 9.50. The molecule has 0 radical (unpaired) electrons. The standard InChI is InChI=1S/C27H38N8O5/c1-3-17(2)23(28)26(38)34-22(16-18-8-5-4-6-9-18)25(37)33-21(10-7-15-31-27(29)30)24(36)32-19-11-13-20(14-12-19)35(39)40/h4-6,8-9,11-14,17,21-23H,3,7,10,15-16,28H2,1-2H3,(H,32,36)(H,33,37)(H,34,38)(H4,29,30,31)/t17-,21-,22-,23-/m0/s1. The van der Waals surface area contributed by atoms with Gasteiger partial charge in [-0.05, 0) is 36.5 Å². The van der Waals surface area contributed by atoms with Gasteiger partial charge in [0.15, 0.2) is 5.96 Å². The highest BCUT2D eigenvalue weighted by Crippen LogP contribution is 2.16. The summed E-state index contributed by atoms with van der Waals surface area (Å²) in [6.07, 6.45) is 1.42. The summed E-state index contributed by atoms with van der Waals surface area (Å²) in [4.78, 5) is 49.9. The lowest BCUT2D eigenvalue weighted by Crippen LogP contribution is -2.56. The molecule has 0 aromatic heterocycles. The normalized spacial score (nSPS) is 13.7. The molecule has 13 nitrogen and oxygen atoms in total. The fourth-order valence-electron chi connectivity index (χ4n) is 3.81. The first-order valence-electron chi connectivity index (χ1n) is 13.0. The number of nitrogens with one attached hydrogen (secondary N) is 5. The first kappa shape index (κ1) is 31.7. The number of carbonyl (C=O) groups excluding carboxylic acids is 3. The number of non-ortho nitro benzene ring substituents is 1. The molecule has 0 bridgehead atoms. The van der Waals surface area contributed by atoms with Crippen LogP contribution in [0.4, 0.5) is 11.4 Å². The van der Waals surface area contributed by atoms with Gasteiger partial charge in [0.05, 0.1) is 11.0 Å². The lowest BCUT2D eigenvalue weighted by atomic mass is 9.98. The van der Waals surface area contributed by atoms with Crippen molar-refractivity contribution in [2.24, 2.45) is 17.4 Å². The molecule has 0 aliphatic carbocycles. The van der Waals surface area contributed by atoms with Gasteiger partial charge in [-0.3, -0.25) is 29.9 Å². The van der Waals surface area contributed by atoms with Crippen molar-refractivity contribution < 1.29 is 19.3 Å². The summed E-state index contributed by atoms with van der Waals surface area (Å²) in [7, 11) is 0. The Morgan fingerprint density at radius 3 is 2.17 bits per heavy atom. The summed E-state index contributed by atoms with van der Waals surface area (Å²) >= 11 is 0. The van der Waals surface area contributed by atoms with Crippen LogP contribution in [0.1, 0.15) is 38.7 Å². The van der Waals surface area contributed by atoms with Crippen LogP contribution in [0, 0.1) is 21.4 Å². The summed E-state index contributed by atoms with van der Waals surface area (Å²) in [5.41, 5.74) is 12.4. The van der Waals surface area contributed by atoms with Crippen LogP contribution < -0.4 is 32.7 Å². The molecule has 2 aromatic rings. The Labute approximate surface area is 233 Å². The minimum absolute atomic E-state index is 0.102. The zero-order valence-electron chi connectivity index (χ0n) is 22.7. The third kappa shape index (κ3) is 10.3. The third-order valence-electron chi connectivity index (χ3n) is 6.44. The van der Waals surface area contributed by atoms with Gasteiger partial charge in [-0.15, -0.1) is 0 Å². The van der Waals surface area contributed by atoms with Crippen LogP contribution in [-0.4, -0.2) is 53.3 Å². The molecule has 0 saturated carbocycles. The molecular formula is C27H38N8O5. The van der Waals surface area contributed by atoms with Gasteiger partial charge < -0.3 is 32.7 Å². The van der Waals surface area contributed by atoms with Crippen LogP contribution in [0.3, 0.4) is 0 Å². The molecule has 2 rings (SSSR count). The van der Waals surface area contributed by atoms with Gasteiger partial charge in [0.25, 0.3) is 5.69 Å². The topological polar surface area (TPSA) is 218 Å². The number of nitro groups is 1. The fourth-order valence-corrected chi connectivity index (χ4v) is 3.81. The zero-order chi connectivity index (χ0) is 29.7. The van der Waals surface area contributed by atoms with E-state index in [4.69, 9.17) is 16.9 Å². The van der Waals surface area contributed by atoms with Crippen molar-refractivity contribution in [1.29, 1.82) is 5.41 Å². The van der Waals surface area contributed by atoms with E-state index in [2.05, 4.69) is 21.3 Å². The number of nitrogens with two attached hydrogens (primary N) is 2.